The first-order valence-corrected chi connectivity index (χ1v) is 3.10. The predicted octanol–water partition coefficient (Wildman–Crippen LogP) is 1.85. The summed E-state index contributed by atoms with van der Waals surface area (Å²) in [4.78, 5) is 0. The maximum atomic E-state index is 5.33. The van der Waals surface area contributed by atoms with Crippen LogP contribution in [0.1, 0.15) is 0 Å². The van der Waals surface area contributed by atoms with Gasteiger partial charge < -0.3 is 5.73 Å². The minimum atomic E-state index is 0.676. The lowest BCUT2D eigenvalue weighted by atomic mass is 10.5. The van der Waals surface area contributed by atoms with Crippen molar-refractivity contribution < 1.29 is 0 Å². The highest BCUT2D eigenvalue weighted by atomic mass is 32.2. The number of thioether (sulfide) groups is 1. The molecule has 0 atom stereocenters. The van der Waals surface area contributed by atoms with Gasteiger partial charge in [0.2, 0.25) is 0 Å². The zero-order valence-corrected chi connectivity index (χ0v) is 5.45. The highest BCUT2D eigenvalue weighted by Gasteiger charge is 1.74. The largest absolute Gasteiger partial charge is 0.398 e. The van der Waals surface area contributed by atoms with E-state index >= 15 is 0 Å². The summed E-state index contributed by atoms with van der Waals surface area (Å²) in [6.07, 6.45) is 1.59. The fraction of sp³-hybridized carbons (Fsp3) is 0. The molecule has 0 fully saturated rings. The molecule has 0 aromatic rings. The third kappa shape index (κ3) is 3.56. The quantitative estimate of drug-likeness (QED) is 0.585. The van der Waals surface area contributed by atoms with Crippen LogP contribution in [0, 0.1) is 0 Å². The van der Waals surface area contributed by atoms with Gasteiger partial charge in [0.05, 0.1) is 0 Å². The summed E-state index contributed by atoms with van der Waals surface area (Å²) in [6.45, 7) is 6.97. The normalized spacial score (nSPS) is 10.8. The molecule has 8 heavy (non-hydrogen) atoms. The van der Waals surface area contributed by atoms with Crippen LogP contribution in [0.15, 0.2) is 35.7 Å². The van der Waals surface area contributed by atoms with Gasteiger partial charge in [-0.25, -0.2) is 0 Å². The number of hydrogen-bond donors (Lipinski definition) is 1. The molecule has 0 unspecified atom stereocenters. The second-order valence-corrected chi connectivity index (χ2v) is 1.97. The van der Waals surface area contributed by atoms with Crippen molar-refractivity contribution in [3.05, 3.63) is 35.7 Å². The van der Waals surface area contributed by atoms with E-state index in [0.717, 1.165) is 0 Å². The Balaban J connectivity index is 3.56. The smallest absolute Gasteiger partial charge is 0.0375 e. The molecule has 0 saturated carbocycles. The van der Waals surface area contributed by atoms with Crippen molar-refractivity contribution in [2.75, 3.05) is 0 Å². The van der Waals surface area contributed by atoms with Crippen LogP contribution in [0.5, 0.6) is 0 Å². The third-order valence-electron chi connectivity index (χ3n) is 0.536. The molecule has 0 saturated heterocycles. The van der Waals surface area contributed by atoms with Gasteiger partial charge in [-0.15, -0.1) is 11.8 Å². The molecule has 0 bridgehead atoms. The summed E-state index contributed by atoms with van der Waals surface area (Å²) < 4.78 is 0. The number of allylic oxidation sites excluding steroid dienone is 1. The molecule has 0 spiro atoms. The Hall–Kier alpha value is -0.630. The molecule has 0 aliphatic carbocycles. The van der Waals surface area contributed by atoms with Gasteiger partial charge in [-0.2, -0.15) is 0 Å². The summed E-state index contributed by atoms with van der Waals surface area (Å²) in [5.41, 5.74) is 6.01. The van der Waals surface area contributed by atoms with E-state index in [1.54, 1.807) is 16.9 Å². The Morgan fingerprint density at radius 3 is 2.50 bits per heavy atom. The van der Waals surface area contributed by atoms with E-state index in [1.807, 2.05) is 0 Å². The highest BCUT2D eigenvalue weighted by molar-refractivity contribution is 8.04. The molecule has 0 radical (unpaired) electrons. The van der Waals surface area contributed by atoms with E-state index in [0.29, 0.717) is 5.70 Å². The Kier molecular flexibility index (Phi) is 4.17. The van der Waals surface area contributed by atoms with Gasteiger partial charge in [-0.05, 0) is 16.9 Å². The van der Waals surface area contributed by atoms with Crippen molar-refractivity contribution in [2.45, 2.75) is 0 Å². The van der Waals surface area contributed by atoms with E-state index in [1.165, 1.54) is 11.8 Å². The summed E-state index contributed by atoms with van der Waals surface area (Å²) >= 11 is 1.45. The van der Waals surface area contributed by atoms with Crippen molar-refractivity contribution in [3.63, 3.8) is 0 Å². The fourth-order valence-corrected chi connectivity index (χ4v) is 0.524. The second-order valence-electron chi connectivity index (χ2n) is 1.12. The highest BCUT2D eigenvalue weighted by Crippen LogP contribution is 2.03. The van der Waals surface area contributed by atoms with Crippen LogP contribution in [-0.4, -0.2) is 0 Å². The first-order chi connectivity index (χ1) is 3.81. The molecule has 1 nitrogen and oxygen atoms in total. The average molecular weight is 127 g/mol. The maximum absolute atomic E-state index is 5.33. The van der Waals surface area contributed by atoms with Crippen LogP contribution in [0.4, 0.5) is 0 Å². The van der Waals surface area contributed by atoms with Crippen LogP contribution in [-0.2, 0) is 0 Å². The van der Waals surface area contributed by atoms with E-state index < -0.39 is 0 Å². The topological polar surface area (TPSA) is 26.0 Å². The van der Waals surface area contributed by atoms with Gasteiger partial charge in [0.15, 0.2) is 0 Å². The Labute approximate surface area is 54.0 Å². The Bertz CT molecular complexity index is 116. The van der Waals surface area contributed by atoms with Gasteiger partial charge >= 0.3 is 0 Å². The molecular weight excluding hydrogens is 118 g/mol. The first-order valence-electron chi connectivity index (χ1n) is 2.15. The second kappa shape index (κ2) is 4.53. The van der Waals surface area contributed by atoms with E-state index in [9.17, 15) is 0 Å². The molecule has 0 aromatic heterocycles. The van der Waals surface area contributed by atoms with Gasteiger partial charge in [-0.3, -0.25) is 0 Å². The molecule has 0 aliphatic rings. The molecule has 44 valence electrons. The molecule has 0 amide bonds. The first kappa shape index (κ1) is 7.37. The number of rotatable bonds is 3. The molecule has 0 heterocycles. The maximum Gasteiger partial charge on any atom is 0.0375 e. The molecular formula is C6H9NS. The molecule has 0 aromatic carbocycles. The third-order valence-corrected chi connectivity index (χ3v) is 1.14. The summed E-state index contributed by atoms with van der Waals surface area (Å²) in [6, 6.07) is 0. The average Bonchev–Trinajstić information content (AvgIpc) is 1.83. The van der Waals surface area contributed by atoms with Crippen LogP contribution >= 0.6 is 11.8 Å². The van der Waals surface area contributed by atoms with E-state index in [4.69, 9.17) is 5.73 Å². The van der Waals surface area contributed by atoms with E-state index in [-0.39, 0.29) is 0 Å². The van der Waals surface area contributed by atoms with Crippen molar-refractivity contribution in [2.24, 2.45) is 5.73 Å². The van der Waals surface area contributed by atoms with Crippen molar-refractivity contribution in [1.29, 1.82) is 0 Å². The lowest BCUT2D eigenvalue weighted by Gasteiger charge is -1.85. The minimum absolute atomic E-state index is 0.676. The Morgan fingerprint density at radius 2 is 2.12 bits per heavy atom. The van der Waals surface area contributed by atoms with Gasteiger partial charge in [0.1, 0.15) is 0 Å². The van der Waals surface area contributed by atoms with Crippen molar-refractivity contribution in [3.8, 4) is 0 Å². The lowest BCUT2D eigenvalue weighted by Crippen LogP contribution is -1.88. The predicted molar refractivity (Wildman–Crippen MR) is 40.3 cm³/mol. The van der Waals surface area contributed by atoms with E-state index in [2.05, 4.69) is 13.2 Å². The van der Waals surface area contributed by atoms with Gasteiger partial charge in [0, 0.05) is 5.70 Å². The molecule has 0 aliphatic heterocycles. The zero-order chi connectivity index (χ0) is 6.41. The van der Waals surface area contributed by atoms with Crippen molar-refractivity contribution >= 4 is 11.8 Å². The molecule has 2 N–H and O–H groups in total. The summed E-state index contributed by atoms with van der Waals surface area (Å²) in [5, 5.41) is 3.48. The zero-order valence-electron chi connectivity index (χ0n) is 4.63. The van der Waals surface area contributed by atoms with Crippen molar-refractivity contribution in [1.82, 2.24) is 0 Å². The SMILES string of the molecule is C=CS/C=C(/N)C=C. The monoisotopic (exact) mass is 127 g/mol. The van der Waals surface area contributed by atoms with Gasteiger partial charge in [-0.1, -0.05) is 13.2 Å². The summed E-state index contributed by atoms with van der Waals surface area (Å²) in [5.74, 6) is 0. The number of hydrogen-bond acceptors (Lipinski definition) is 2. The minimum Gasteiger partial charge on any atom is -0.398 e. The summed E-state index contributed by atoms with van der Waals surface area (Å²) in [7, 11) is 0. The van der Waals surface area contributed by atoms with Crippen LogP contribution in [0.25, 0.3) is 0 Å². The van der Waals surface area contributed by atoms with Gasteiger partial charge in [0.25, 0.3) is 0 Å². The lowest BCUT2D eigenvalue weighted by molar-refractivity contribution is 1.46. The fourth-order valence-electron chi connectivity index (χ4n) is 0.175. The van der Waals surface area contributed by atoms with Crippen LogP contribution < -0.4 is 5.73 Å². The molecule has 0 rings (SSSR count). The van der Waals surface area contributed by atoms with Crippen LogP contribution in [0.2, 0.25) is 0 Å². The number of nitrogens with two attached hydrogens (primary N) is 1. The standard InChI is InChI=1S/C6H9NS/c1-3-6(7)5-8-4-2/h3-5H,1-2,7H2/b6-5+. The Morgan fingerprint density at radius 1 is 1.50 bits per heavy atom. The molecule has 2 heteroatoms. The van der Waals surface area contributed by atoms with Crippen LogP contribution in [0.3, 0.4) is 0 Å².